The molecule has 78 valence electrons. The summed E-state index contributed by atoms with van der Waals surface area (Å²) >= 11 is 5.86. The lowest BCUT2D eigenvalue weighted by molar-refractivity contribution is 0.466. The van der Waals surface area contributed by atoms with Crippen molar-refractivity contribution in [2.75, 3.05) is 6.54 Å². The Morgan fingerprint density at radius 2 is 2.14 bits per heavy atom. The molecule has 1 aromatic rings. The minimum atomic E-state index is -0.168. The molecule has 0 saturated heterocycles. The topological polar surface area (TPSA) is 38.0 Å². The summed E-state index contributed by atoms with van der Waals surface area (Å²) in [5.41, 5.74) is 6.86. The summed E-state index contributed by atoms with van der Waals surface area (Å²) in [6.07, 6.45) is 0. The molecule has 2 nitrogen and oxygen atoms in total. The van der Waals surface area contributed by atoms with E-state index < -0.39 is 0 Å². The van der Waals surface area contributed by atoms with Gasteiger partial charge in [0.05, 0.1) is 0 Å². The van der Waals surface area contributed by atoms with E-state index in [4.69, 9.17) is 17.3 Å². The van der Waals surface area contributed by atoms with Crippen molar-refractivity contribution in [1.29, 1.82) is 0 Å². The number of nitrogens with one attached hydrogen (secondary N) is 1. The molecule has 14 heavy (non-hydrogen) atoms. The molecule has 0 bridgehead atoms. The first-order valence-electron chi connectivity index (χ1n) is 4.71. The molecule has 0 radical (unpaired) electrons. The Kier molecular flexibility index (Phi) is 3.93. The van der Waals surface area contributed by atoms with Crippen LogP contribution in [0.2, 0.25) is 5.02 Å². The lowest BCUT2D eigenvalue weighted by Crippen LogP contribution is -2.42. The summed E-state index contributed by atoms with van der Waals surface area (Å²) in [5.74, 6) is 0. The first kappa shape index (κ1) is 11.5. The van der Waals surface area contributed by atoms with Crippen LogP contribution in [-0.4, -0.2) is 12.1 Å². The van der Waals surface area contributed by atoms with E-state index in [1.165, 1.54) is 5.56 Å². The van der Waals surface area contributed by atoms with Gasteiger partial charge in [0, 0.05) is 23.7 Å². The summed E-state index contributed by atoms with van der Waals surface area (Å²) in [4.78, 5) is 0. The molecule has 0 aliphatic carbocycles. The second kappa shape index (κ2) is 4.78. The third-order valence-corrected chi connectivity index (χ3v) is 2.03. The zero-order valence-corrected chi connectivity index (χ0v) is 9.43. The second-order valence-electron chi connectivity index (χ2n) is 4.22. The van der Waals surface area contributed by atoms with E-state index in [-0.39, 0.29) is 5.54 Å². The molecule has 0 saturated carbocycles. The number of rotatable bonds is 4. The summed E-state index contributed by atoms with van der Waals surface area (Å²) in [6, 6.07) is 7.82. The molecule has 0 aromatic heterocycles. The Hall–Kier alpha value is -0.570. The van der Waals surface area contributed by atoms with E-state index in [0.717, 1.165) is 18.1 Å². The van der Waals surface area contributed by atoms with Gasteiger partial charge in [0.25, 0.3) is 0 Å². The van der Waals surface area contributed by atoms with Crippen LogP contribution in [0.4, 0.5) is 0 Å². The Bertz CT molecular complexity index is 292. The van der Waals surface area contributed by atoms with Crippen molar-refractivity contribution < 1.29 is 0 Å². The lowest BCUT2D eigenvalue weighted by Gasteiger charge is -2.18. The van der Waals surface area contributed by atoms with Crippen LogP contribution < -0.4 is 11.1 Å². The number of benzene rings is 1. The Morgan fingerprint density at radius 1 is 1.43 bits per heavy atom. The van der Waals surface area contributed by atoms with Gasteiger partial charge >= 0.3 is 0 Å². The SMILES string of the molecule is CC(C)(N)CNCc1cccc(Cl)c1. The number of hydrogen-bond donors (Lipinski definition) is 2. The van der Waals surface area contributed by atoms with Gasteiger partial charge in [-0.15, -0.1) is 0 Å². The van der Waals surface area contributed by atoms with Crippen molar-refractivity contribution in [3.63, 3.8) is 0 Å². The highest BCUT2D eigenvalue weighted by atomic mass is 35.5. The van der Waals surface area contributed by atoms with Gasteiger partial charge in [0.1, 0.15) is 0 Å². The summed E-state index contributed by atoms with van der Waals surface area (Å²) < 4.78 is 0. The third kappa shape index (κ3) is 4.61. The Morgan fingerprint density at radius 3 is 2.71 bits per heavy atom. The number of halogens is 1. The fourth-order valence-electron chi connectivity index (χ4n) is 1.18. The second-order valence-corrected chi connectivity index (χ2v) is 4.66. The molecule has 3 N–H and O–H groups in total. The maximum absolute atomic E-state index is 5.86. The van der Waals surface area contributed by atoms with Crippen LogP contribution in [0.3, 0.4) is 0 Å². The largest absolute Gasteiger partial charge is 0.324 e. The van der Waals surface area contributed by atoms with Gasteiger partial charge in [-0.1, -0.05) is 23.7 Å². The standard InChI is InChI=1S/C11H17ClN2/c1-11(2,13)8-14-7-9-4-3-5-10(12)6-9/h3-6,14H,7-8,13H2,1-2H3. The van der Waals surface area contributed by atoms with Crippen LogP contribution in [0.1, 0.15) is 19.4 Å². The van der Waals surface area contributed by atoms with Crippen molar-refractivity contribution in [2.24, 2.45) is 5.73 Å². The van der Waals surface area contributed by atoms with E-state index in [2.05, 4.69) is 5.32 Å². The zero-order valence-electron chi connectivity index (χ0n) is 8.68. The molecule has 1 aromatic carbocycles. The van der Waals surface area contributed by atoms with Crippen LogP contribution in [0.5, 0.6) is 0 Å². The minimum Gasteiger partial charge on any atom is -0.324 e. The lowest BCUT2D eigenvalue weighted by atomic mass is 10.1. The molecule has 0 heterocycles. The van der Waals surface area contributed by atoms with Gasteiger partial charge in [0.2, 0.25) is 0 Å². The maximum Gasteiger partial charge on any atom is 0.0409 e. The molecule has 0 atom stereocenters. The minimum absolute atomic E-state index is 0.168. The summed E-state index contributed by atoms with van der Waals surface area (Å²) in [7, 11) is 0. The third-order valence-electron chi connectivity index (χ3n) is 1.80. The number of hydrogen-bond acceptors (Lipinski definition) is 2. The van der Waals surface area contributed by atoms with Crippen LogP contribution >= 0.6 is 11.6 Å². The molecule has 0 aliphatic heterocycles. The van der Waals surface area contributed by atoms with Crippen molar-refractivity contribution >= 4 is 11.6 Å². The summed E-state index contributed by atoms with van der Waals surface area (Å²) in [6.45, 7) is 5.59. The first-order valence-corrected chi connectivity index (χ1v) is 5.09. The first-order chi connectivity index (χ1) is 6.47. The fraction of sp³-hybridized carbons (Fsp3) is 0.455. The van der Waals surface area contributed by atoms with Gasteiger partial charge in [-0.2, -0.15) is 0 Å². The molecule has 0 spiro atoms. The van der Waals surface area contributed by atoms with E-state index in [9.17, 15) is 0 Å². The normalized spacial score (nSPS) is 11.7. The highest BCUT2D eigenvalue weighted by Crippen LogP contribution is 2.10. The zero-order chi connectivity index (χ0) is 10.6. The molecule has 0 unspecified atom stereocenters. The molecule has 1 rings (SSSR count). The van der Waals surface area contributed by atoms with Crippen LogP contribution in [0, 0.1) is 0 Å². The van der Waals surface area contributed by atoms with Gasteiger partial charge in [-0.05, 0) is 31.5 Å². The van der Waals surface area contributed by atoms with E-state index in [0.29, 0.717) is 0 Å². The van der Waals surface area contributed by atoms with Gasteiger partial charge in [0.15, 0.2) is 0 Å². The van der Waals surface area contributed by atoms with Crippen molar-refractivity contribution in [3.05, 3.63) is 34.9 Å². The van der Waals surface area contributed by atoms with Crippen molar-refractivity contribution in [1.82, 2.24) is 5.32 Å². The Labute approximate surface area is 90.4 Å². The quantitative estimate of drug-likeness (QED) is 0.803. The maximum atomic E-state index is 5.86. The predicted molar refractivity (Wildman–Crippen MR) is 61.4 cm³/mol. The average Bonchev–Trinajstić information content (AvgIpc) is 2.01. The molecule has 0 amide bonds. The van der Waals surface area contributed by atoms with Gasteiger partial charge in [-0.3, -0.25) is 0 Å². The number of nitrogens with two attached hydrogens (primary N) is 1. The molecular weight excluding hydrogens is 196 g/mol. The smallest absolute Gasteiger partial charge is 0.0409 e. The highest BCUT2D eigenvalue weighted by Gasteiger charge is 2.08. The van der Waals surface area contributed by atoms with E-state index in [1.54, 1.807) is 0 Å². The van der Waals surface area contributed by atoms with Crippen LogP contribution in [0.25, 0.3) is 0 Å². The van der Waals surface area contributed by atoms with E-state index >= 15 is 0 Å². The average molecular weight is 213 g/mol. The van der Waals surface area contributed by atoms with Crippen molar-refractivity contribution in [3.8, 4) is 0 Å². The van der Waals surface area contributed by atoms with Crippen LogP contribution in [0.15, 0.2) is 24.3 Å². The molecule has 0 fully saturated rings. The molecular formula is C11H17ClN2. The Balaban J connectivity index is 2.39. The van der Waals surface area contributed by atoms with Crippen LogP contribution in [-0.2, 0) is 6.54 Å². The van der Waals surface area contributed by atoms with Gasteiger partial charge < -0.3 is 11.1 Å². The molecule has 3 heteroatoms. The van der Waals surface area contributed by atoms with Crippen molar-refractivity contribution in [2.45, 2.75) is 25.9 Å². The molecule has 0 aliphatic rings. The summed E-state index contributed by atoms with van der Waals surface area (Å²) in [5, 5.41) is 4.06. The fourth-order valence-corrected chi connectivity index (χ4v) is 1.39. The van der Waals surface area contributed by atoms with Gasteiger partial charge in [-0.25, -0.2) is 0 Å². The van der Waals surface area contributed by atoms with E-state index in [1.807, 2.05) is 38.1 Å². The predicted octanol–water partition coefficient (Wildman–Crippen LogP) is 2.17. The highest BCUT2D eigenvalue weighted by molar-refractivity contribution is 6.30. The monoisotopic (exact) mass is 212 g/mol.